The maximum atomic E-state index is 11.7. The molecule has 2 atom stereocenters. The van der Waals surface area contributed by atoms with Crippen LogP contribution in [0.1, 0.15) is 23.6 Å². The third-order valence-electron chi connectivity index (χ3n) is 3.35. The summed E-state index contributed by atoms with van der Waals surface area (Å²) in [6.07, 6.45) is 0. The number of carbonyl (C=O) groups is 2. The van der Waals surface area contributed by atoms with Crippen LogP contribution in [-0.4, -0.2) is 25.0 Å². The molecule has 0 aliphatic carbocycles. The molecule has 0 aliphatic rings. The van der Waals surface area contributed by atoms with E-state index in [1.165, 1.54) is 16.7 Å². The van der Waals surface area contributed by atoms with Crippen LogP contribution in [0.4, 0.5) is 4.79 Å². The maximum Gasteiger partial charge on any atom is 0.319 e. The number of nitrogens with one attached hydrogen (secondary N) is 2. The first-order valence-corrected chi connectivity index (χ1v) is 6.30. The Morgan fingerprint density at radius 3 is 2.53 bits per heavy atom. The zero-order valence-electron chi connectivity index (χ0n) is 11.9. The van der Waals surface area contributed by atoms with E-state index >= 15 is 0 Å². The number of quaternary nitrogens is 1. The summed E-state index contributed by atoms with van der Waals surface area (Å²) in [6.45, 7) is 6.61. The van der Waals surface area contributed by atoms with Crippen LogP contribution in [0.3, 0.4) is 0 Å². The van der Waals surface area contributed by atoms with E-state index in [9.17, 15) is 9.59 Å². The highest BCUT2D eigenvalue weighted by atomic mass is 16.2. The van der Waals surface area contributed by atoms with E-state index in [0.29, 0.717) is 0 Å². The van der Waals surface area contributed by atoms with Gasteiger partial charge in [0.2, 0.25) is 0 Å². The zero-order valence-corrected chi connectivity index (χ0v) is 11.9. The Labute approximate surface area is 113 Å². The monoisotopic (exact) mass is 264 g/mol. The van der Waals surface area contributed by atoms with Crippen LogP contribution in [0.15, 0.2) is 18.2 Å². The molecule has 0 heterocycles. The molecule has 1 unspecified atom stereocenters. The fraction of sp³-hybridized carbons (Fsp3) is 0.429. The SMILES string of the molecule is Cc1ccc(C[NH+](C)[C@@H](C)C(=O)NC(N)=O)c(C)c1. The molecule has 1 aromatic carbocycles. The summed E-state index contributed by atoms with van der Waals surface area (Å²) in [7, 11) is 1.92. The van der Waals surface area contributed by atoms with E-state index in [1.54, 1.807) is 6.92 Å². The van der Waals surface area contributed by atoms with Crippen molar-refractivity contribution < 1.29 is 14.5 Å². The minimum Gasteiger partial charge on any atom is -0.351 e. The number of urea groups is 1. The smallest absolute Gasteiger partial charge is 0.319 e. The number of likely N-dealkylation sites (N-methyl/N-ethyl adjacent to an activating group) is 1. The van der Waals surface area contributed by atoms with Gasteiger partial charge < -0.3 is 10.6 Å². The van der Waals surface area contributed by atoms with Crippen LogP contribution in [0, 0.1) is 13.8 Å². The lowest BCUT2D eigenvalue weighted by molar-refractivity contribution is -0.908. The molecule has 104 valence electrons. The van der Waals surface area contributed by atoms with Crippen LogP contribution in [0.25, 0.3) is 0 Å². The van der Waals surface area contributed by atoms with Crippen molar-refractivity contribution in [3.8, 4) is 0 Å². The van der Waals surface area contributed by atoms with E-state index in [-0.39, 0.29) is 11.9 Å². The first-order chi connectivity index (χ1) is 8.81. The summed E-state index contributed by atoms with van der Waals surface area (Å²) in [5, 5.41) is 2.11. The van der Waals surface area contributed by atoms with Gasteiger partial charge in [-0.3, -0.25) is 10.1 Å². The summed E-state index contributed by atoms with van der Waals surface area (Å²) < 4.78 is 0. The second-order valence-corrected chi connectivity index (χ2v) is 5.03. The van der Waals surface area contributed by atoms with Crippen molar-refractivity contribution >= 4 is 11.9 Å². The van der Waals surface area contributed by atoms with Gasteiger partial charge in [-0.05, 0) is 26.3 Å². The van der Waals surface area contributed by atoms with Gasteiger partial charge >= 0.3 is 6.03 Å². The molecular weight excluding hydrogens is 242 g/mol. The number of hydrogen-bond acceptors (Lipinski definition) is 2. The highest BCUT2D eigenvalue weighted by Gasteiger charge is 2.23. The molecule has 0 saturated carbocycles. The Balaban J connectivity index is 2.70. The molecule has 5 nitrogen and oxygen atoms in total. The van der Waals surface area contributed by atoms with Crippen molar-refractivity contribution in [2.45, 2.75) is 33.4 Å². The predicted octanol–water partition coefficient (Wildman–Crippen LogP) is -0.0985. The van der Waals surface area contributed by atoms with Gasteiger partial charge in [0.25, 0.3) is 5.91 Å². The fourth-order valence-electron chi connectivity index (χ4n) is 1.95. The summed E-state index contributed by atoms with van der Waals surface area (Å²) in [4.78, 5) is 23.4. The molecule has 0 spiro atoms. The molecule has 1 rings (SSSR count). The number of nitrogens with two attached hydrogens (primary N) is 1. The van der Waals surface area contributed by atoms with Crippen LogP contribution in [0.5, 0.6) is 0 Å². The Bertz CT molecular complexity index is 486. The first kappa shape index (κ1) is 15.2. The van der Waals surface area contributed by atoms with Crippen LogP contribution in [0.2, 0.25) is 0 Å². The minimum atomic E-state index is -0.809. The summed E-state index contributed by atoms with van der Waals surface area (Å²) in [6, 6.07) is 5.11. The van der Waals surface area contributed by atoms with Gasteiger partial charge in [0, 0.05) is 5.56 Å². The number of hydrogen-bond donors (Lipinski definition) is 3. The predicted molar refractivity (Wildman–Crippen MR) is 73.7 cm³/mol. The quantitative estimate of drug-likeness (QED) is 0.710. The lowest BCUT2D eigenvalue weighted by Crippen LogP contribution is -3.12. The zero-order chi connectivity index (χ0) is 14.6. The van der Waals surface area contributed by atoms with Gasteiger partial charge in [-0.15, -0.1) is 0 Å². The second kappa shape index (κ2) is 6.33. The molecule has 0 bridgehead atoms. The largest absolute Gasteiger partial charge is 0.351 e. The van der Waals surface area contributed by atoms with Crippen molar-refractivity contribution in [1.82, 2.24) is 5.32 Å². The van der Waals surface area contributed by atoms with E-state index in [4.69, 9.17) is 5.73 Å². The van der Waals surface area contributed by atoms with Crippen LogP contribution < -0.4 is 16.0 Å². The van der Waals surface area contributed by atoms with Gasteiger partial charge in [0.15, 0.2) is 6.04 Å². The number of carbonyl (C=O) groups excluding carboxylic acids is 2. The third-order valence-corrected chi connectivity index (χ3v) is 3.35. The number of aryl methyl sites for hydroxylation is 2. The minimum absolute atomic E-state index is 0.340. The molecule has 0 fully saturated rings. The van der Waals surface area contributed by atoms with Gasteiger partial charge in [0.05, 0.1) is 7.05 Å². The van der Waals surface area contributed by atoms with Crippen molar-refractivity contribution in [3.63, 3.8) is 0 Å². The number of primary amides is 1. The Morgan fingerprint density at radius 2 is 2.00 bits per heavy atom. The standard InChI is InChI=1S/C14H21N3O2/c1-9-5-6-12(10(2)7-9)8-17(4)11(3)13(18)16-14(15)19/h5-7,11H,8H2,1-4H3,(H3,15,16,18,19)/p+1/t11-/m0/s1. The Morgan fingerprint density at radius 1 is 1.37 bits per heavy atom. The van der Waals surface area contributed by atoms with E-state index in [2.05, 4.69) is 37.4 Å². The second-order valence-electron chi connectivity index (χ2n) is 5.03. The third kappa shape index (κ3) is 4.37. The van der Waals surface area contributed by atoms with Crippen LogP contribution >= 0.6 is 0 Å². The summed E-state index contributed by atoms with van der Waals surface area (Å²) in [5.74, 6) is -0.352. The molecule has 1 aromatic rings. The Hall–Kier alpha value is -1.88. The fourth-order valence-corrected chi connectivity index (χ4v) is 1.95. The molecule has 4 N–H and O–H groups in total. The maximum absolute atomic E-state index is 11.7. The van der Waals surface area contributed by atoms with Gasteiger partial charge in [-0.1, -0.05) is 23.8 Å². The molecule has 3 amide bonds. The average molecular weight is 264 g/mol. The summed E-state index contributed by atoms with van der Waals surface area (Å²) in [5.41, 5.74) is 8.57. The molecule has 0 aliphatic heterocycles. The number of benzene rings is 1. The molecule has 0 aromatic heterocycles. The molecule has 19 heavy (non-hydrogen) atoms. The van der Waals surface area contributed by atoms with Gasteiger partial charge in [-0.2, -0.15) is 0 Å². The number of rotatable bonds is 4. The van der Waals surface area contributed by atoms with Gasteiger partial charge in [-0.25, -0.2) is 4.79 Å². The van der Waals surface area contributed by atoms with E-state index in [0.717, 1.165) is 11.4 Å². The number of imide groups is 1. The van der Waals surface area contributed by atoms with Crippen LogP contribution in [-0.2, 0) is 11.3 Å². The van der Waals surface area contributed by atoms with Crippen molar-refractivity contribution in [2.24, 2.45) is 5.73 Å². The van der Waals surface area contributed by atoms with E-state index in [1.807, 2.05) is 7.05 Å². The highest BCUT2D eigenvalue weighted by molar-refractivity contribution is 5.95. The first-order valence-electron chi connectivity index (χ1n) is 6.30. The van der Waals surface area contributed by atoms with Gasteiger partial charge in [0.1, 0.15) is 6.54 Å². The van der Waals surface area contributed by atoms with Crippen molar-refractivity contribution in [1.29, 1.82) is 0 Å². The number of amides is 3. The molecule has 0 saturated heterocycles. The topological polar surface area (TPSA) is 76.6 Å². The molecule has 0 radical (unpaired) electrons. The lowest BCUT2D eigenvalue weighted by Gasteiger charge is -2.21. The van der Waals surface area contributed by atoms with E-state index < -0.39 is 6.03 Å². The lowest BCUT2D eigenvalue weighted by atomic mass is 10.0. The average Bonchev–Trinajstić information content (AvgIpc) is 2.30. The molecular formula is C14H22N3O2+. The molecule has 5 heteroatoms. The normalized spacial score (nSPS) is 13.7. The summed E-state index contributed by atoms with van der Waals surface area (Å²) >= 11 is 0. The highest BCUT2D eigenvalue weighted by Crippen LogP contribution is 2.09. The van der Waals surface area contributed by atoms with Crippen molar-refractivity contribution in [3.05, 3.63) is 34.9 Å². The van der Waals surface area contributed by atoms with Crippen molar-refractivity contribution in [2.75, 3.05) is 7.05 Å². The Kier molecular flexibility index (Phi) is 5.06.